The third kappa shape index (κ3) is 3.79. The Labute approximate surface area is 131 Å². The average molecular weight is 298 g/mol. The third-order valence-electron chi connectivity index (χ3n) is 3.78. The number of para-hydroxylation sites is 1. The highest BCUT2D eigenvalue weighted by atomic mass is 16.3. The Morgan fingerprint density at radius 2 is 1.91 bits per heavy atom. The molecule has 0 saturated carbocycles. The number of rotatable bonds is 5. The summed E-state index contributed by atoms with van der Waals surface area (Å²) in [5, 5.41) is 12.7. The van der Waals surface area contributed by atoms with Gasteiger partial charge in [0.2, 0.25) is 0 Å². The molecule has 0 saturated heterocycles. The quantitative estimate of drug-likeness (QED) is 0.892. The van der Waals surface area contributed by atoms with Gasteiger partial charge in [0.05, 0.1) is 5.56 Å². The highest BCUT2D eigenvalue weighted by molar-refractivity contribution is 5.97. The molecular weight excluding hydrogens is 276 g/mol. The van der Waals surface area contributed by atoms with E-state index >= 15 is 0 Å². The Balaban J connectivity index is 1.97. The number of carbonyl (C=O) groups is 1. The first-order valence-corrected chi connectivity index (χ1v) is 7.34. The Hall–Kier alpha value is -2.49. The lowest BCUT2D eigenvalue weighted by Crippen LogP contribution is -2.40. The fourth-order valence-electron chi connectivity index (χ4n) is 2.22. The Morgan fingerprint density at radius 3 is 2.59 bits per heavy atom. The molecule has 1 atom stereocenters. The number of aromatic hydroxyl groups is 1. The van der Waals surface area contributed by atoms with Crippen LogP contribution < -0.4 is 10.2 Å². The number of benzene rings is 2. The van der Waals surface area contributed by atoms with Crippen LogP contribution in [0, 0.1) is 6.92 Å². The Morgan fingerprint density at radius 1 is 1.23 bits per heavy atom. The van der Waals surface area contributed by atoms with Crippen molar-refractivity contribution in [1.29, 1.82) is 0 Å². The summed E-state index contributed by atoms with van der Waals surface area (Å²) >= 11 is 0. The SMILES string of the molecule is Cc1ccc(O)c(C(=O)NCC(C)N(C)c2ccccc2)c1. The first kappa shape index (κ1) is 15.9. The van der Waals surface area contributed by atoms with Crippen molar-refractivity contribution in [2.75, 3.05) is 18.5 Å². The number of carbonyl (C=O) groups excluding carboxylic acids is 1. The van der Waals surface area contributed by atoms with Crippen LogP contribution in [0.25, 0.3) is 0 Å². The number of hydrogen-bond donors (Lipinski definition) is 2. The number of phenols is 1. The van der Waals surface area contributed by atoms with Crippen molar-refractivity contribution >= 4 is 11.6 Å². The van der Waals surface area contributed by atoms with Crippen molar-refractivity contribution < 1.29 is 9.90 Å². The highest BCUT2D eigenvalue weighted by Crippen LogP contribution is 2.18. The predicted molar refractivity (Wildman–Crippen MR) is 89.5 cm³/mol. The van der Waals surface area contributed by atoms with E-state index in [0.29, 0.717) is 12.1 Å². The lowest BCUT2D eigenvalue weighted by atomic mass is 10.1. The number of hydrogen-bond acceptors (Lipinski definition) is 3. The van der Waals surface area contributed by atoms with Gasteiger partial charge in [-0.2, -0.15) is 0 Å². The second-order valence-corrected chi connectivity index (χ2v) is 5.53. The lowest BCUT2D eigenvalue weighted by molar-refractivity contribution is 0.0949. The van der Waals surface area contributed by atoms with Gasteiger partial charge < -0.3 is 15.3 Å². The predicted octanol–water partition coefficient (Wildman–Crippen LogP) is 2.96. The average Bonchev–Trinajstić information content (AvgIpc) is 2.54. The van der Waals surface area contributed by atoms with Crippen molar-refractivity contribution in [2.45, 2.75) is 19.9 Å². The molecule has 116 valence electrons. The summed E-state index contributed by atoms with van der Waals surface area (Å²) in [4.78, 5) is 14.3. The van der Waals surface area contributed by atoms with Crippen molar-refractivity contribution in [3.8, 4) is 5.75 Å². The molecule has 4 heteroatoms. The summed E-state index contributed by atoms with van der Waals surface area (Å²) in [6.45, 7) is 4.43. The molecule has 4 nitrogen and oxygen atoms in total. The molecule has 22 heavy (non-hydrogen) atoms. The van der Waals surface area contributed by atoms with Crippen LogP contribution in [0.3, 0.4) is 0 Å². The summed E-state index contributed by atoms with van der Waals surface area (Å²) in [5.41, 5.74) is 2.36. The number of nitrogens with zero attached hydrogens (tertiary/aromatic N) is 1. The van der Waals surface area contributed by atoms with Gasteiger partial charge in [0.25, 0.3) is 5.91 Å². The number of amides is 1. The van der Waals surface area contributed by atoms with Crippen molar-refractivity contribution in [3.05, 3.63) is 59.7 Å². The second-order valence-electron chi connectivity index (χ2n) is 5.53. The number of phenolic OH excluding ortho intramolecular Hbond substituents is 1. The standard InChI is InChI=1S/C18H22N2O2/c1-13-9-10-17(21)16(11-13)18(22)19-12-14(2)20(3)15-7-5-4-6-8-15/h4-11,14,21H,12H2,1-3H3,(H,19,22). The van der Waals surface area contributed by atoms with Gasteiger partial charge in [-0.15, -0.1) is 0 Å². The normalized spacial score (nSPS) is 11.8. The van der Waals surface area contributed by atoms with E-state index in [0.717, 1.165) is 11.3 Å². The van der Waals surface area contributed by atoms with Crippen molar-refractivity contribution in [2.24, 2.45) is 0 Å². The van der Waals surface area contributed by atoms with E-state index < -0.39 is 0 Å². The summed E-state index contributed by atoms with van der Waals surface area (Å²) in [6, 6.07) is 15.2. The molecule has 1 unspecified atom stereocenters. The fraction of sp³-hybridized carbons (Fsp3) is 0.278. The number of likely N-dealkylation sites (N-methyl/N-ethyl adjacent to an activating group) is 1. The van der Waals surface area contributed by atoms with Crippen LogP contribution in [0.4, 0.5) is 5.69 Å². The molecule has 2 rings (SSSR count). The van der Waals surface area contributed by atoms with Crippen LogP contribution in [0.1, 0.15) is 22.8 Å². The Bertz CT molecular complexity index is 641. The molecule has 0 bridgehead atoms. The summed E-state index contributed by atoms with van der Waals surface area (Å²) in [6.07, 6.45) is 0. The summed E-state index contributed by atoms with van der Waals surface area (Å²) in [5.74, 6) is -0.248. The molecule has 2 aromatic rings. The molecule has 0 aromatic heterocycles. The van der Waals surface area contributed by atoms with Crippen LogP contribution >= 0.6 is 0 Å². The zero-order chi connectivity index (χ0) is 16.1. The van der Waals surface area contributed by atoms with Gasteiger partial charge in [-0.25, -0.2) is 0 Å². The zero-order valence-electron chi connectivity index (χ0n) is 13.2. The minimum atomic E-state index is -0.255. The highest BCUT2D eigenvalue weighted by Gasteiger charge is 2.14. The minimum absolute atomic E-state index is 0.00664. The molecule has 0 aliphatic rings. The van der Waals surface area contributed by atoms with Gasteiger partial charge in [-0.3, -0.25) is 4.79 Å². The number of aryl methyl sites for hydroxylation is 1. The second kappa shape index (κ2) is 6.98. The summed E-state index contributed by atoms with van der Waals surface area (Å²) in [7, 11) is 2.00. The number of anilines is 1. The van der Waals surface area contributed by atoms with Crippen LogP contribution in [-0.2, 0) is 0 Å². The third-order valence-corrected chi connectivity index (χ3v) is 3.78. The van der Waals surface area contributed by atoms with E-state index in [1.807, 2.05) is 51.2 Å². The molecule has 1 amide bonds. The first-order valence-electron chi connectivity index (χ1n) is 7.34. The molecule has 2 aromatic carbocycles. The van der Waals surface area contributed by atoms with Gasteiger partial charge in [-0.1, -0.05) is 29.8 Å². The van der Waals surface area contributed by atoms with Gasteiger partial charge in [0.1, 0.15) is 5.75 Å². The van der Waals surface area contributed by atoms with Gasteiger partial charge in [-0.05, 0) is 38.1 Å². The molecule has 0 fully saturated rings. The molecule has 0 radical (unpaired) electrons. The van der Waals surface area contributed by atoms with E-state index in [9.17, 15) is 9.90 Å². The molecule has 0 aliphatic carbocycles. The fourth-order valence-corrected chi connectivity index (χ4v) is 2.22. The van der Waals surface area contributed by atoms with Crippen LogP contribution in [0.5, 0.6) is 5.75 Å². The molecule has 2 N–H and O–H groups in total. The van der Waals surface area contributed by atoms with Crippen molar-refractivity contribution in [1.82, 2.24) is 5.32 Å². The maximum absolute atomic E-state index is 12.2. The molecule has 0 spiro atoms. The van der Waals surface area contributed by atoms with Crippen molar-refractivity contribution in [3.63, 3.8) is 0 Å². The zero-order valence-corrected chi connectivity index (χ0v) is 13.2. The summed E-state index contributed by atoms with van der Waals surface area (Å²) < 4.78 is 0. The molecule has 0 heterocycles. The van der Waals surface area contributed by atoms with E-state index in [1.54, 1.807) is 18.2 Å². The van der Waals surface area contributed by atoms with Crippen LogP contribution in [0.2, 0.25) is 0 Å². The van der Waals surface area contributed by atoms with E-state index in [2.05, 4.69) is 10.2 Å². The first-order chi connectivity index (χ1) is 10.5. The molecular formula is C18H22N2O2. The largest absolute Gasteiger partial charge is 0.507 e. The number of nitrogens with one attached hydrogen (secondary N) is 1. The topological polar surface area (TPSA) is 52.6 Å². The van der Waals surface area contributed by atoms with Gasteiger partial charge in [0.15, 0.2) is 0 Å². The van der Waals surface area contributed by atoms with E-state index in [-0.39, 0.29) is 17.7 Å². The monoisotopic (exact) mass is 298 g/mol. The Kier molecular flexibility index (Phi) is 5.04. The van der Waals surface area contributed by atoms with E-state index in [4.69, 9.17) is 0 Å². The minimum Gasteiger partial charge on any atom is -0.507 e. The lowest BCUT2D eigenvalue weighted by Gasteiger charge is -2.27. The van der Waals surface area contributed by atoms with Crippen LogP contribution in [-0.4, -0.2) is 30.6 Å². The van der Waals surface area contributed by atoms with Gasteiger partial charge >= 0.3 is 0 Å². The maximum Gasteiger partial charge on any atom is 0.255 e. The maximum atomic E-state index is 12.2. The smallest absolute Gasteiger partial charge is 0.255 e. The van der Waals surface area contributed by atoms with Crippen LogP contribution in [0.15, 0.2) is 48.5 Å². The van der Waals surface area contributed by atoms with Gasteiger partial charge in [0, 0.05) is 25.3 Å². The van der Waals surface area contributed by atoms with E-state index in [1.165, 1.54) is 0 Å². The molecule has 0 aliphatic heterocycles.